The fraction of sp³-hybridized carbons (Fsp3) is 0.833. The Hall–Kier alpha value is 0.150. The molecule has 1 nitrogen and oxygen atoms in total. The largest absolute Gasteiger partial charge is 0.299 e. The van der Waals surface area contributed by atoms with E-state index in [0.717, 1.165) is 0 Å². The van der Waals surface area contributed by atoms with Crippen molar-refractivity contribution in [3.63, 3.8) is 0 Å². The minimum absolute atomic E-state index is 0.155. The molecule has 0 N–H and O–H groups in total. The molecule has 1 aliphatic rings. The van der Waals surface area contributed by atoms with Crippen molar-refractivity contribution in [2.24, 2.45) is 5.92 Å². The van der Waals surface area contributed by atoms with Crippen molar-refractivity contribution >= 4 is 21.7 Å². The zero-order chi connectivity index (χ0) is 6.15. The van der Waals surface area contributed by atoms with E-state index in [1.165, 1.54) is 12.8 Å². The third-order valence-corrected chi connectivity index (χ3v) is 2.82. The molecule has 46 valence electrons. The average Bonchev–Trinajstić information content (AvgIpc) is 2.43. The van der Waals surface area contributed by atoms with Gasteiger partial charge in [0.05, 0.1) is 4.83 Å². The molecule has 1 unspecified atom stereocenters. The van der Waals surface area contributed by atoms with Crippen LogP contribution in [-0.4, -0.2) is 10.6 Å². The minimum atomic E-state index is 0.155. The second kappa shape index (κ2) is 2.18. The number of ketones is 1. The molecule has 0 heterocycles. The van der Waals surface area contributed by atoms with Crippen LogP contribution in [-0.2, 0) is 4.79 Å². The molecular formula is C6H9BrO. The van der Waals surface area contributed by atoms with Crippen LogP contribution in [0.4, 0.5) is 0 Å². The average molecular weight is 177 g/mol. The Labute approximate surface area is 57.6 Å². The SMILES string of the molecule is CC(=O)C(Br)C1CC1. The lowest BCUT2D eigenvalue weighted by molar-refractivity contribution is -0.116. The van der Waals surface area contributed by atoms with E-state index in [0.29, 0.717) is 5.92 Å². The van der Waals surface area contributed by atoms with Crippen molar-refractivity contribution < 1.29 is 4.79 Å². The lowest BCUT2D eigenvalue weighted by Crippen LogP contribution is -2.10. The molecule has 0 aromatic heterocycles. The third-order valence-electron chi connectivity index (χ3n) is 1.42. The fourth-order valence-corrected chi connectivity index (χ4v) is 1.25. The first-order chi connectivity index (χ1) is 3.72. The van der Waals surface area contributed by atoms with Crippen molar-refractivity contribution in [3.8, 4) is 0 Å². The Kier molecular flexibility index (Phi) is 1.71. The molecule has 1 aliphatic carbocycles. The van der Waals surface area contributed by atoms with Crippen molar-refractivity contribution in [2.45, 2.75) is 24.6 Å². The van der Waals surface area contributed by atoms with Crippen molar-refractivity contribution in [2.75, 3.05) is 0 Å². The molecule has 1 rings (SSSR count). The molecule has 0 aromatic rings. The van der Waals surface area contributed by atoms with E-state index in [1.807, 2.05) is 0 Å². The molecule has 1 atom stereocenters. The Morgan fingerprint density at radius 2 is 2.25 bits per heavy atom. The maximum Gasteiger partial charge on any atom is 0.143 e. The summed E-state index contributed by atoms with van der Waals surface area (Å²) in [5.74, 6) is 0.931. The Morgan fingerprint density at radius 1 is 1.75 bits per heavy atom. The number of hydrogen-bond donors (Lipinski definition) is 0. The first kappa shape index (κ1) is 6.27. The van der Waals surface area contributed by atoms with Crippen LogP contribution in [0.15, 0.2) is 0 Å². The molecular weight excluding hydrogens is 168 g/mol. The predicted octanol–water partition coefficient (Wildman–Crippen LogP) is 1.75. The van der Waals surface area contributed by atoms with Crippen molar-refractivity contribution in [3.05, 3.63) is 0 Å². The molecule has 0 aromatic carbocycles. The summed E-state index contributed by atoms with van der Waals surface area (Å²) >= 11 is 3.32. The summed E-state index contributed by atoms with van der Waals surface area (Å²) in [5, 5.41) is 0. The minimum Gasteiger partial charge on any atom is -0.299 e. The zero-order valence-corrected chi connectivity index (χ0v) is 6.44. The molecule has 0 spiro atoms. The second-order valence-corrected chi connectivity index (χ2v) is 3.34. The summed E-state index contributed by atoms with van der Waals surface area (Å²) < 4.78 is 0. The van der Waals surface area contributed by atoms with Crippen molar-refractivity contribution in [1.29, 1.82) is 0 Å². The lowest BCUT2D eigenvalue weighted by Gasteiger charge is -1.98. The Balaban J connectivity index is 2.32. The normalized spacial score (nSPS) is 22.8. The van der Waals surface area contributed by atoms with Gasteiger partial charge in [0.25, 0.3) is 0 Å². The quantitative estimate of drug-likeness (QED) is 0.587. The Morgan fingerprint density at radius 3 is 2.38 bits per heavy atom. The smallest absolute Gasteiger partial charge is 0.143 e. The Bertz CT molecular complexity index is 107. The first-order valence-corrected chi connectivity index (χ1v) is 3.78. The van der Waals surface area contributed by atoms with Crippen LogP contribution in [0.2, 0.25) is 0 Å². The summed E-state index contributed by atoms with van der Waals surface area (Å²) in [7, 11) is 0. The van der Waals surface area contributed by atoms with E-state index in [1.54, 1.807) is 6.92 Å². The molecule has 8 heavy (non-hydrogen) atoms. The van der Waals surface area contributed by atoms with Crippen LogP contribution in [0.25, 0.3) is 0 Å². The molecule has 0 amide bonds. The molecule has 0 saturated heterocycles. The van der Waals surface area contributed by atoms with Gasteiger partial charge in [0.2, 0.25) is 0 Å². The van der Waals surface area contributed by atoms with Gasteiger partial charge in [0.1, 0.15) is 5.78 Å². The molecule has 1 saturated carbocycles. The van der Waals surface area contributed by atoms with Gasteiger partial charge in [-0.3, -0.25) is 4.79 Å². The van der Waals surface area contributed by atoms with Gasteiger partial charge in [-0.25, -0.2) is 0 Å². The van der Waals surface area contributed by atoms with E-state index in [9.17, 15) is 4.79 Å². The highest BCUT2D eigenvalue weighted by Crippen LogP contribution is 2.36. The highest BCUT2D eigenvalue weighted by molar-refractivity contribution is 9.10. The second-order valence-electron chi connectivity index (χ2n) is 2.35. The van der Waals surface area contributed by atoms with Gasteiger partial charge in [-0.05, 0) is 25.7 Å². The summed E-state index contributed by atoms with van der Waals surface area (Å²) in [4.78, 5) is 10.7. The van der Waals surface area contributed by atoms with Crippen LogP contribution in [0.3, 0.4) is 0 Å². The number of Topliss-reactive ketones (excluding diaryl/α,β-unsaturated/α-hetero) is 1. The highest BCUT2D eigenvalue weighted by Gasteiger charge is 2.31. The number of hydrogen-bond acceptors (Lipinski definition) is 1. The van der Waals surface area contributed by atoms with E-state index < -0.39 is 0 Å². The van der Waals surface area contributed by atoms with Gasteiger partial charge in [-0.2, -0.15) is 0 Å². The van der Waals surface area contributed by atoms with E-state index in [-0.39, 0.29) is 10.6 Å². The van der Waals surface area contributed by atoms with E-state index in [4.69, 9.17) is 0 Å². The van der Waals surface area contributed by atoms with Crippen LogP contribution in [0.1, 0.15) is 19.8 Å². The summed E-state index contributed by atoms with van der Waals surface area (Å²) in [6.07, 6.45) is 2.46. The topological polar surface area (TPSA) is 17.1 Å². The van der Waals surface area contributed by atoms with Gasteiger partial charge >= 0.3 is 0 Å². The maximum absolute atomic E-state index is 10.6. The molecule has 2 heteroatoms. The van der Waals surface area contributed by atoms with Gasteiger partial charge in [0.15, 0.2) is 0 Å². The standard InChI is InChI=1S/C6H9BrO/c1-4(8)6(7)5-2-3-5/h5-6H,2-3H2,1H3. The fourth-order valence-electron chi connectivity index (χ4n) is 0.721. The van der Waals surface area contributed by atoms with Gasteiger partial charge in [-0.1, -0.05) is 15.9 Å². The number of carbonyl (C=O) groups excluding carboxylic acids is 1. The maximum atomic E-state index is 10.6. The number of carbonyl (C=O) groups is 1. The molecule has 1 fully saturated rings. The molecule has 0 aliphatic heterocycles. The predicted molar refractivity (Wildman–Crippen MR) is 36.1 cm³/mol. The van der Waals surface area contributed by atoms with Gasteiger partial charge in [-0.15, -0.1) is 0 Å². The third kappa shape index (κ3) is 1.31. The molecule has 0 radical (unpaired) electrons. The highest BCUT2D eigenvalue weighted by atomic mass is 79.9. The number of rotatable bonds is 2. The summed E-state index contributed by atoms with van der Waals surface area (Å²) in [5.41, 5.74) is 0. The van der Waals surface area contributed by atoms with E-state index in [2.05, 4.69) is 15.9 Å². The molecule has 0 bridgehead atoms. The number of halogens is 1. The van der Waals surface area contributed by atoms with Crippen LogP contribution in [0, 0.1) is 5.92 Å². The summed E-state index contributed by atoms with van der Waals surface area (Å²) in [6, 6.07) is 0. The van der Waals surface area contributed by atoms with Crippen LogP contribution in [0.5, 0.6) is 0 Å². The monoisotopic (exact) mass is 176 g/mol. The van der Waals surface area contributed by atoms with E-state index >= 15 is 0 Å². The number of alkyl halides is 1. The van der Waals surface area contributed by atoms with Gasteiger partial charge < -0.3 is 0 Å². The van der Waals surface area contributed by atoms with Crippen LogP contribution >= 0.6 is 15.9 Å². The van der Waals surface area contributed by atoms with Crippen LogP contribution < -0.4 is 0 Å². The first-order valence-electron chi connectivity index (χ1n) is 2.86. The lowest BCUT2D eigenvalue weighted by atomic mass is 10.2. The van der Waals surface area contributed by atoms with Crippen molar-refractivity contribution in [1.82, 2.24) is 0 Å². The zero-order valence-electron chi connectivity index (χ0n) is 4.86. The summed E-state index contributed by atoms with van der Waals surface area (Å²) in [6.45, 7) is 1.64. The van der Waals surface area contributed by atoms with Gasteiger partial charge in [0, 0.05) is 0 Å².